The SMILES string of the molecule is O=C(c1cc2ncccn2n1)N1CCN(CCO)CC(O)C1. The van der Waals surface area contributed by atoms with Crippen molar-refractivity contribution in [2.45, 2.75) is 6.10 Å². The van der Waals surface area contributed by atoms with Crippen LogP contribution < -0.4 is 0 Å². The average molecular weight is 305 g/mol. The van der Waals surface area contributed by atoms with Crippen LogP contribution in [0.25, 0.3) is 5.65 Å². The molecule has 1 fully saturated rings. The van der Waals surface area contributed by atoms with E-state index in [0.29, 0.717) is 37.5 Å². The van der Waals surface area contributed by atoms with Gasteiger partial charge >= 0.3 is 0 Å². The molecule has 8 heteroatoms. The molecule has 0 radical (unpaired) electrons. The number of hydrogen-bond acceptors (Lipinski definition) is 6. The minimum atomic E-state index is -0.631. The fourth-order valence-electron chi connectivity index (χ4n) is 2.68. The number of β-amino-alcohol motifs (C(OH)–C–C–N with tert-alkyl or cyclic N) is 2. The Labute approximate surface area is 127 Å². The normalized spacial score (nSPS) is 20.3. The highest BCUT2D eigenvalue weighted by Crippen LogP contribution is 2.10. The van der Waals surface area contributed by atoms with Gasteiger partial charge < -0.3 is 15.1 Å². The molecule has 118 valence electrons. The topological polar surface area (TPSA) is 94.2 Å². The van der Waals surface area contributed by atoms with Crippen LogP contribution in [0.4, 0.5) is 0 Å². The van der Waals surface area contributed by atoms with Gasteiger partial charge in [0.05, 0.1) is 12.7 Å². The molecule has 1 saturated heterocycles. The van der Waals surface area contributed by atoms with Crippen molar-refractivity contribution in [3.63, 3.8) is 0 Å². The molecule has 1 aliphatic rings. The molecule has 1 unspecified atom stereocenters. The zero-order chi connectivity index (χ0) is 15.5. The van der Waals surface area contributed by atoms with Crippen molar-refractivity contribution in [1.82, 2.24) is 24.4 Å². The molecular weight excluding hydrogens is 286 g/mol. The van der Waals surface area contributed by atoms with Crippen LogP contribution in [0, 0.1) is 0 Å². The van der Waals surface area contributed by atoms with Crippen molar-refractivity contribution in [2.24, 2.45) is 0 Å². The molecule has 1 amide bonds. The second-order valence-corrected chi connectivity index (χ2v) is 5.38. The summed E-state index contributed by atoms with van der Waals surface area (Å²) in [5.74, 6) is -0.213. The molecule has 0 saturated carbocycles. The Morgan fingerprint density at radius 2 is 2.23 bits per heavy atom. The lowest BCUT2D eigenvalue weighted by Crippen LogP contribution is -2.37. The highest BCUT2D eigenvalue weighted by molar-refractivity contribution is 5.93. The molecule has 3 rings (SSSR count). The number of hydrogen-bond donors (Lipinski definition) is 2. The molecule has 0 spiro atoms. The fraction of sp³-hybridized carbons (Fsp3) is 0.500. The van der Waals surface area contributed by atoms with Gasteiger partial charge in [0.15, 0.2) is 11.3 Å². The van der Waals surface area contributed by atoms with Crippen LogP contribution >= 0.6 is 0 Å². The number of aliphatic hydroxyl groups is 2. The van der Waals surface area contributed by atoms with Gasteiger partial charge in [0.25, 0.3) is 5.91 Å². The first-order chi connectivity index (χ1) is 10.7. The molecule has 22 heavy (non-hydrogen) atoms. The number of aromatic nitrogens is 3. The van der Waals surface area contributed by atoms with Crippen LogP contribution in [-0.2, 0) is 0 Å². The largest absolute Gasteiger partial charge is 0.395 e. The van der Waals surface area contributed by atoms with E-state index in [-0.39, 0.29) is 19.1 Å². The number of amides is 1. The third-order valence-corrected chi connectivity index (χ3v) is 3.74. The summed E-state index contributed by atoms with van der Waals surface area (Å²) >= 11 is 0. The van der Waals surface area contributed by atoms with Crippen LogP contribution in [0.15, 0.2) is 24.5 Å². The summed E-state index contributed by atoms with van der Waals surface area (Å²) in [6, 6.07) is 3.39. The van der Waals surface area contributed by atoms with E-state index in [1.807, 2.05) is 4.90 Å². The zero-order valence-corrected chi connectivity index (χ0v) is 12.2. The Morgan fingerprint density at radius 3 is 3.00 bits per heavy atom. The average Bonchev–Trinajstić information content (AvgIpc) is 2.85. The molecule has 2 aromatic heterocycles. The summed E-state index contributed by atoms with van der Waals surface area (Å²) in [5.41, 5.74) is 0.935. The van der Waals surface area contributed by atoms with Crippen molar-refractivity contribution >= 4 is 11.6 Å². The van der Waals surface area contributed by atoms with Gasteiger partial charge in [-0.05, 0) is 6.07 Å². The van der Waals surface area contributed by atoms with Gasteiger partial charge in [-0.2, -0.15) is 5.10 Å². The van der Waals surface area contributed by atoms with Crippen molar-refractivity contribution < 1.29 is 15.0 Å². The number of carbonyl (C=O) groups is 1. The van der Waals surface area contributed by atoms with Crippen LogP contribution in [-0.4, -0.2) is 86.0 Å². The third-order valence-electron chi connectivity index (χ3n) is 3.74. The molecule has 1 aliphatic heterocycles. The van der Waals surface area contributed by atoms with Crippen LogP contribution in [0.3, 0.4) is 0 Å². The van der Waals surface area contributed by atoms with Gasteiger partial charge in [0.2, 0.25) is 0 Å². The van der Waals surface area contributed by atoms with Crippen molar-refractivity contribution in [2.75, 3.05) is 39.3 Å². The van der Waals surface area contributed by atoms with E-state index >= 15 is 0 Å². The van der Waals surface area contributed by atoms with E-state index in [4.69, 9.17) is 5.11 Å². The lowest BCUT2D eigenvalue weighted by Gasteiger charge is -2.20. The van der Waals surface area contributed by atoms with Gasteiger partial charge in [-0.1, -0.05) is 0 Å². The Kier molecular flexibility index (Phi) is 4.32. The number of nitrogens with zero attached hydrogens (tertiary/aromatic N) is 5. The number of fused-ring (bicyclic) bond motifs is 1. The van der Waals surface area contributed by atoms with Gasteiger partial charge in [-0.25, -0.2) is 9.50 Å². The molecule has 2 aromatic rings. The summed E-state index contributed by atoms with van der Waals surface area (Å²) in [6.07, 6.45) is 2.75. The summed E-state index contributed by atoms with van der Waals surface area (Å²) in [6.45, 7) is 2.38. The summed E-state index contributed by atoms with van der Waals surface area (Å²) in [4.78, 5) is 20.3. The minimum absolute atomic E-state index is 0.0404. The lowest BCUT2D eigenvalue weighted by molar-refractivity contribution is 0.0655. The van der Waals surface area contributed by atoms with E-state index in [1.54, 1.807) is 33.9 Å². The third kappa shape index (κ3) is 3.08. The van der Waals surface area contributed by atoms with Crippen molar-refractivity contribution in [3.05, 3.63) is 30.2 Å². The quantitative estimate of drug-likeness (QED) is 0.743. The first kappa shape index (κ1) is 14.9. The molecule has 2 N–H and O–H groups in total. The maximum Gasteiger partial charge on any atom is 0.274 e. The molecule has 0 bridgehead atoms. The zero-order valence-electron chi connectivity index (χ0n) is 12.2. The lowest BCUT2D eigenvalue weighted by atomic mass is 10.3. The number of aliphatic hydroxyl groups excluding tert-OH is 2. The maximum absolute atomic E-state index is 12.6. The summed E-state index contributed by atoms with van der Waals surface area (Å²) < 4.78 is 1.56. The van der Waals surface area contributed by atoms with Crippen LogP contribution in [0.5, 0.6) is 0 Å². The van der Waals surface area contributed by atoms with Crippen molar-refractivity contribution in [3.8, 4) is 0 Å². The number of carbonyl (C=O) groups excluding carboxylic acids is 1. The first-order valence-corrected chi connectivity index (χ1v) is 7.28. The minimum Gasteiger partial charge on any atom is -0.395 e. The van der Waals surface area contributed by atoms with Gasteiger partial charge in [-0.15, -0.1) is 0 Å². The summed E-state index contributed by atoms with van der Waals surface area (Å²) in [7, 11) is 0. The predicted octanol–water partition coefficient (Wildman–Crippen LogP) is -1.16. The van der Waals surface area contributed by atoms with E-state index in [9.17, 15) is 9.90 Å². The standard InChI is InChI=1S/C14H19N5O3/c20-7-6-17-4-5-18(10-11(21)9-17)14(22)12-8-13-15-2-1-3-19(13)16-12/h1-3,8,11,20-21H,4-7,9-10H2. The van der Waals surface area contributed by atoms with Crippen LogP contribution in [0.1, 0.15) is 10.5 Å². The van der Waals surface area contributed by atoms with Gasteiger partial charge in [0, 0.05) is 51.2 Å². The Morgan fingerprint density at radius 1 is 1.36 bits per heavy atom. The second-order valence-electron chi connectivity index (χ2n) is 5.38. The molecule has 8 nitrogen and oxygen atoms in total. The van der Waals surface area contributed by atoms with E-state index in [1.165, 1.54) is 0 Å². The fourth-order valence-corrected chi connectivity index (χ4v) is 2.68. The molecular formula is C14H19N5O3. The number of rotatable bonds is 3. The molecule has 0 aliphatic carbocycles. The molecule has 3 heterocycles. The highest BCUT2D eigenvalue weighted by Gasteiger charge is 2.26. The Hall–Kier alpha value is -2.03. The second kappa shape index (κ2) is 6.39. The Balaban J connectivity index is 1.76. The van der Waals surface area contributed by atoms with Gasteiger partial charge in [0.1, 0.15) is 0 Å². The first-order valence-electron chi connectivity index (χ1n) is 7.28. The summed E-state index contributed by atoms with van der Waals surface area (Å²) in [5, 5.41) is 23.3. The van der Waals surface area contributed by atoms with E-state index < -0.39 is 6.10 Å². The van der Waals surface area contributed by atoms with E-state index in [2.05, 4.69) is 10.1 Å². The maximum atomic E-state index is 12.6. The van der Waals surface area contributed by atoms with Crippen molar-refractivity contribution in [1.29, 1.82) is 0 Å². The highest BCUT2D eigenvalue weighted by atomic mass is 16.3. The van der Waals surface area contributed by atoms with E-state index in [0.717, 1.165) is 0 Å². The van der Waals surface area contributed by atoms with Gasteiger partial charge in [-0.3, -0.25) is 9.69 Å². The van der Waals surface area contributed by atoms with Crippen LogP contribution in [0.2, 0.25) is 0 Å². The Bertz CT molecular complexity index is 626. The predicted molar refractivity (Wildman–Crippen MR) is 78.4 cm³/mol. The molecule has 1 atom stereocenters. The smallest absolute Gasteiger partial charge is 0.274 e. The monoisotopic (exact) mass is 305 g/mol. The molecule has 0 aromatic carbocycles.